The van der Waals surface area contributed by atoms with Gasteiger partial charge in [0.05, 0.1) is 18.5 Å². The second kappa shape index (κ2) is 7.70. The van der Waals surface area contributed by atoms with Crippen LogP contribution in [0.4, 0.5) is 8.78 Å². The van der Waals surface area contributed by atoms with Crippen molar-refractivity contribution in [3.05, 3.63) is 78.7 Å². The topological polar surface area (TPSA) is 69.1 Å². The third-order valence-corrected chi connectivity index (χ3v) is 4.39. The van der Waals surface area contributed by atoms with E-state index < -0.39 is 6.55 Å². The van der Waals surface area contributed by atoms with Crippen molar-refractivity contribution in [2.24, 2.45) is 0 Å². The van der Waals surface area contributed by atoms with E-state index in [1.165, 1.54) is 35.3 Å². The first-order valence-electron chi connectivity index (χ1n) is 8.79. The van der Waals surface area contributed by atoms with Crippen LogP contribution in [0.25, 0.3) is 17.1 Å². The second-order valence-electron chi connectivity index (χ2n) is 6.33. The number of imidazole rings is 1. The van der Waals surface area contributed by atoms with Crippen LogP contribution in [-0.4, -0.2) is 37.2 Å². The maximum Gasteiger partial charge on any atom is 0.319 e. The quantitative estimate of drug-likeness (QED) is 0.493. The molecule has 3 heterocycles. The van der Waals surface area contributed by atoms with E-state index >= 15 is 0 Å². The Morgan fingerprint density at radius 1 is 1.21 bits per heavy atom. The lowest BCUT2D eigenvalue weighted by molar-refractivity contribution is 0.0610. The summed E-state index contributed by atoms with van der Waals surface area (Å²) < 4.78 is 33.8. The van der Waals surface area contributed by atoms with E-state index in [0.29, 0.717) is 17.1 Å². The Labute approximate surface area is 164 Å². The number of nitrogens with zero attached hydrogens (tertiary/aromatic N) is 5. The van der Waals surface area contributed by atoms with E-state index in [4.69, 9.17) is 4.42 Å². The zero-order valence-corrected chi connectivity index (χ0v) is 15.4. The maximum atomic E-state index is 13.1. The number of alkyl halides is 2. The lowest BCUT2D eigenvalue weighted by Crippen LogP contribution is -2.29. The molecule has 0 aliphatic rings. The Morgan fingerprint density at radius 3 is 2.69 bits per heavy atom. The van der Waals surface area contributed by atoms with Gasteiger partial charge in [-0.3, -0.25) is 9.36 Å². The summed E-state index contributed by atoms with van der Waals surface area (Å²) in [6.45, 7) is -2.80. The summed E-state index contributed by atoms with van der Waals surface area (Å²) in [6.07, 6.45) is 3.99. The number of aromatic nitrogens is 4. The van der Waals surface area contributed by atoms with Crippen LogP contribution in [0.1, 0.15) is 22.9 Å². The third kappa shape index (κ3) is 3.66. The molecule has 0 saturated heterocycles. The Balaban J connectivity index is 1.69. The second-order valence-corrected chi connectivity index (χ2v) is 6.33. The number of rotatable bonds is 6. The fourth-order valence-corrected chi connectivity index (χ4v) is 2.97. The van der Waals surface area contributed by atoms with Gasteiger partial charge in [-0.05, 0) is 24.3 Å². The summed E-state index contributed by atoms with van der Waals surface area (Å²) >= 11 is 0. The number of carbonyl (C=O) groups excluding carboxylic acids is 1. The molecule has 0 N–H and O–H groups in total. The van der Waals surface area contributed by atoms with Gasteiger partial charge in [-0.2, -0.15) is 13.9 Å². The number of carbonyl (C=O) groups is 1. The lowest BCUT2D eigenvalue weighted by Gasteiger charge is -2.18. The van der Waals surface area contributed by atoms with Crippen molar-refractivity contribution in [2.75, 3.05) is 7.05 Å². The first-order valence-corrected chi connectivity index (χ1v) is 8.79. The monoisotopic (exact) mass is 397 g/mol. The van der Waals surface area contributed by atoms with Gasteiger partial charge < -0.3 is 9.32 Å². The zero-order chi connectivity index (χ0) is 20.4. The van der Waals surface area contributed by atoms with Crippen LogP contribution >= 0.6 is 0 Å². The molecule has 0 radical (unpaired) electrons. The fraction of sp³-hybridized carbons (Fsp3) is 0.150. The molecule has 148 valence electrons. The van der Waals surface area contributed by atoms with Crippen LogP contribution < -0.4 is 0 Å². The van der Waals surface area contributed by atoms with E-state index in [2.05, 4.69) is 10.1 Å². The van der Waals surface area contributed by atoms with Gasteiger partial charge in [0.2, 0.25) is 0 Å². The minimum atomic E-state index is -2.73. The number of hydrogen-bond donors (Lipinski definition) is 0. The third-order valence-electron chi connectivity index (χ3n) is 4.39. The molecule has 0 saturated carbocycles. The molecule has 0 aliphatic heterocycles. The predicted octanol–water partition coefficient (Wildman–Crippen LogP) is 4.00. The molecule has 3 aromatic heterocycles. The smallest absolute Gasteiger partial charge is 0.319 e. The van der Waals surface area contributed by atoms with E-state index in [1.807, 2.05) is 30.3 Å². The van der Waals surface area contributed by atoms with Crippen LogP contribution in [0, 0.1) is 0 Å². The molecule has 0 unspecified atom stereocenters. The van der Waals surface area contributed by atoms with Crippen LogP contribution in [-0.2, 0) is 6.54 Å². The summed E-state index contributed by atoms with van der Waals surface area (Å²) in [6, 6.07) is 14.3. The highest BCUT2D eigenvalue weighted by molar-refractivity contribution is 5.94. The van der Waals surface area contributed by atoms with Crippen LogP contribution in [0.5, 0.6) is 0 Å². The van der Waals surface area contributed by atoms with Crippen LogP contribution in [0.15, 0.2) is 71.6 Å². The van der Waals surface area contributed by atoms with Gasteiger partial charge in [0.1, 0.15) is 17.2 Å². The molecule has 0 spiro atoms. The molecule has 0 bridgehead atoms. The number of hydrogen-bond acceptors (Lipinski definition) is 4. The fourth-order valence-electron chi connectivity index (χ4n) is 2.97. The Hall–Kier alpha value is -3.75. The first kappa shape index (κ1) is 18.6. The average Bonchev–Trinajstić information content (AvgIpc) is 3.47. The van der Waals surface area contributed by atoms with E-state index in [0.717, 1.165) is 4.57 Å². The molecule has 4 rings (SSSR count). The standard InChI is InChI=1S/C20H17F2N5O2/c1-25(13-18-23-9-10-26(18)20(21)22)19(28)16-12-15(17-8-5-11-29-17)24-27(16)14-6-3-2-4-7-14/h2-12,20H,13H2,1H3. The normalized spacial score (nSPS) is 11.2. The van der Waals surface area contributed by atoms with Gasteiger partial charge in [-0.1, -0.05) is 18.2 Å². The molecule has 0 aliphatic carbocycles. The van der Waals surface area contributed by atoms with Crippen molar-refractivity contribution >= 4 is 5.91 Å². The Bertz CT molecular complexity index is 1100. The average molecular weight is 397 g/mol. The lowest BCUT2D eigenvalue weighted by atomic mass is 10.2. The molecular formula is C20H17F2N5O2. The molecule has 9 heteroatoms. The minimum Gasteiger partial charge on any atom is -0.463 e. The largest absolute Gasteiger partial charge is 0.463 e. The van der Waals surface area contributed by atoms with E-state index in [-0.39, 0.29) is 24.0 Å². The van der Waals surface area contributed by atoms with Gasteiger partial charge >= 0.3 is 6.55 Å². The van der Waals surface area contributed by atoms with Crippen molar-refractivity contribution in [2.45, 2.75) is 13.1 Å². The van der Waals surface area contributed by atoms with Crippen molar-refractivity contribution in [3.63, 3.8) is 0 Å². The van der Waals surface area contributed by atoms with Gasteiger partial charge in [0.25, 0.3) is 5.91 Å². The van der Waals surface area contributed by atoms with Gasteiger partial charge in [0, 0.05) is 25.5 Å². The van der Waals surface area contributed by atoms with E-state index in [9.17, 15) is 13.6 Å². The number of furan rings is 1. The molecule has 7 nitrogen and oxygen atoms in total. The maximum absolute atomic E-state index is 13.1. The number of para-hydroxylation sites is 1. The van der Waals surface area contributed by atoms with Crippen molar-refractivity contribution in [1.82, 2.24) is 24.2 Å². The summed E-state index contributed by atoms with van der Waals surface area (Å²) in [5, 5.41) is 4.50. The van der Waals surface area contributed by atoms with Crippen molar-refractivity contribution in [1.29, 1.82) is 0 Å². The Morgan fingerprint density at radius 2 is 2.00 bits per heavy atom. The highest BCUT2D eigenvalue weighted by Crippen LogP contribution is 2.23. The summed E-state index contributed by atoms with van der Waals surface area (Å²) in [4.78, 5) is 18.4. The molecule has 4 aromatic rings. The van der Waals surface area contributed by atoms with Crippen LogP contribution in [0.3, 0.4) is 0 Å². The highest BCUT2D eigenvalue weighted by atomic mass is 19.3. The first-order chi connectivity index (χ1) is 14.0. The van der Waals surface area contributed by atoms with Gasteiger partial charge in [0.15, 0.2) is 5.76 Å². The van der Waals surface area contributed by atoms with Crippen LogP contribution in [0.2, 0.25) is 0 Å². The van der Waals surface area contributed by atoms with Crippen molar-refractivity contribution in [3.8, 4) is 17.1 Å². The molecule has 1 aromatic carbocycles. The minimum absolute atomic E-state index is 0.0772. The SMILES string of the molecule is CN(Cc1nccn1C(F)F)C(=O)c1cc(-c2ccco2)nn1-c1ccccc1. The van der Waals surface area contributed by atoms with E-state index in [1.54, 1.807) is 18.2 Å². The predicted molar refractivity (Wildman–Crippen MR) is 101 cm³/mol. The molecular weight excluding hydrogens is 380 g/mol. The summed E-state index contributed by atoms with van der Waals surface area (Å²) in [7, 11) is 1.53. The molecule has 29 heavy (non-hydrogen) atoms. The van der Waals surface area contributed by atoms with Gasteiger partial charge in [-0.15, -0.1) is 0 Å². The van der Waals surface area contributed by atoms with Gasteiger partial charge in [-0.25, -0.2) is 9.67 Å². The summed E-state index contributed by atoms with van der Waals surface area (Å²) in [5.74, 6) is 0.223. The highest BCUT2D eigenvalue weighted by Gasteiger charge is 2.23. The number of halogens is 2. The molecule has 0 atom stereocenters. The molecule has 1 amide bonds. The summed E-state index contributed by atoms with van der Waals surface area (Å²) in [5.41, 5.74) is 1.46. The van der Waals surface area contributed by atoms with Crippen molar-refractivity contribution < 1.29 is 18.0 Å². The number of amides is 1. The Kier molecular flexibility index (Phi) is 4.94. The zero-order valence-electron chi connectivity index (χ0n) is 15.4. The molecule has 0 fully saturated rings. The number of benzene rings is 1.